The fourth-order valence-corrected chi connectivity index (χ4v) is 2.99. The molecule has 2 atom stereocenters. The molecule has 1 N–H and O–H groups in total. The molecule has 0 aromatic heterocycles. The lowest BCUT2D eigenvalue weighted by atomic mass is 9.81. The average molecular weight is 233 g/mol. The SMILES string of the molecule is CCOc1cccc2c1COC1(C)CNC[C@H]21. The van der Waals surface area contributed by atoms with Crippen molar-refractivity contribution >= 4 is 0 Å². The molecule has 3 nitrogen and oxygen atoms in total. The first-order valence-electron chi connectivity index (χ1n) is 6.34. The monoisotopic (exact) mass is 233 g/mol. The molecule has 1 aromatic rings. The average Bonchev–Trinajstić information content (AvgIpc) is 2.72. The Balaban J connectivity index is 2.04. The van der Waals surface area contributed by atoms with Gasteiger partial charge in [-0.1, -0.05) is 12.1 Å². The van der Waals surface area contributed by atoms with Gasteiger partial charge in [-0.15, -0.1) is 0 Å². The third kappa shape index (κ3) is 1.65. The van der Waals surface area contributed by atoms with Crippen LogP contribution in [-0.4, -0.2) is 25.3 Å². The van der Waals surface area contributed by atoms with E-state index in [4.69, 9.17) is 9.47 Å². The lowest BCUT2D eigenvalue weighted by Gasteiger charge is -2.37. The zero-order valence-electron chi connectivity index (χ0n) is 10.5. The van der Waals surface area contributed by atoms with Gasteiger partial charge >= 0.3 is 0 Å². The van der Waals surface area contributed by atoms with Crippen LogP contribution in [0.1, 0.15) is 30.9 Å². The maximum atomic E-state index is 6.06. The quantitative estimate of drug-likeness (QED) is 0.848. The number of rotatable bonds is 2. The van der Waals surface area contributed by atoms with Gasteiger partial charge < -0.3 is 14.8 Å². The molecule has 0 spiro atoms. The first kappa shape index (κ1) is 11.1. The van der Waals surface area contributed by atoms with Gasteiger partial charge in [0.25, 0.3) is 0 Å². The Labute approximate surface area is 102 Å². The summed E-state index contributed by atoms with van der Waals surface area (Å²) in [6.45, 7) is 7.53. The summed E-state index contributed by atoms with van der Waals surface area (Å²) in [7, 11) is 0. The van der Waals surface area contributed by atoms with E-state index in [-0.39, 0.29) is 5.60 Å². The molecule has 2 aliphatic rings. The lowest BCUT2D eigenvalue weighted by Crippen LogP contribution is -2.39. The van der Waals surface area contributed by atoms with Gasteiger partial charge in [-0.05, 0) is 25.5 Å². The number of ether oxygens (including phenoxy) is 2. The van der Waals surface area contributed by atoms with Crippen LogP contribution in [0.5, 0.6) is 5.75 Å². The van der Waals surface area contributed by atoms with Gasteiger partial charge in [-0.2, -0.15) is 0 Å². The van der Waals surface area contributed by atoms with E-state index in [1.54, 1.807) is 0 Å². The van der Waals surface area contributed by atoms with Crippen molar-refractivity contribution in [3.05, 3.63) is 29.3 Å². The zero-order valence-corrected chi connectivity index (χ0v) is 10.5. The molecule has 1 aromatic carbocycles. The van der Waals surface area contributed by atoms with Gasteiger partial charge in [-0.3, -0.25) is 0 Å². The van der Waals surface area contributed by atoms with E-state index >= 15 is 0 Å². The fraction of sp³-hybridized carbons (Fsp3) is 0.571. The van der Waals surface area contributed by atoms with Crippen LogP contribution in [-0.2, 0) is 11.3 Å². The molecule has 1 unspecified atom stereocenters. The molecule has 0 radical (unpaired) electrons. The highest BCUT2D eigenvalue weighted by Crippen LogP contribution is 2.43. The molecule has 2 heterocycles. The smallest absolute Gasteiger partial charge is 0.125 e. The number of fused-ring (bicyclic) bond motifs is 3. The van der Waals surface area contributed by atoms with Crippen LogP contribution in [0.3, 0.4) is 0 Å². The van der Waals surface area contributed by atoms with Crippen molar-refractivity contribution in [3.63, 3.8) is 0 Å². The summed E-state index contributed by atoms with van der Waals surface area (Å²) >= 11 is 0. The molecule has 3 rings (SSSR count). The maximum Gasteiger partial charge on any atom is 0.125 e. The van der Waals surface area contributed by atoms with Crippen molar-refractivity contribution in [1.82, 2.24) is 5.32 Å². The van der Waals surface area contributed by atoms with Crippen LogP contribution >= 0.6 is 0 Å². The predicted molar refractivity (Wildman–Crippen MR) is 66.4 cm³/mol. The molecule has 2 aliphatic heterocycles. The highest BCUT2D eigenvalue weighted by atomic mass is 16.5. The third-order valence-corrected chi connectivity index (χ3v) is 3.95. The van der Waals surface area contributed by atoms with E-state index in [1.165, 1.54) is 11.1 Å². The zero-order chi connectivity index (χ0) is 11.9. The highest BCUT2D eigenvalue weighted by molar-refractivity contribution is 5.45. The molecule has 0 saturated carbocycles. The normalized spacial score (nSPS) is 30.8. The second-order valence-corrected chi connectivity index (χ2v) is 5.04. The summed E-state index contributed by atoms with van der Waals surface area (Å²) in [4.78, 5) is 0. The van der Waals surface area contributed by atoms with E-state index in [0.717, 1.165) is 18.8 Å². The lowest BCUT2D eigenvalue weighted by molar-refractivity contribution is -0.0526. The number of nitrogens with one attached hydrogen (secondary N) is 1. The van der Waals surface area contributed by atoms with Crippen LogP contribution < -0.4 is 10.1 Å². The Morgan fingerprint density at radius 2 is 2.41 bits per heavy atom. The Morgan fingerprint density at radius 1 is 1.53 bits per heavy atom. The van der Waals surface area contributed by atoms with Crippen LogP contribution in [0.4, 0.5) is 0 Å². The molecule has 17 heavy (non-hydrogen) atoms. The van der Waals surface area contributed by atoms with Crippen molar-refractivity contribution in [1.29, 1.82) is 0 Å². The van der Waals surface area contributed by atoms with E-state index < -0.39 is 0 Å². The predicted octanol–water partition coefficient (Wildman–Crippen LogP) is 2.06. The molecule has 1 fully saturated rings. The van der Waals surface area contributed by atoms with Gasteiger partial charge in [0.2, 0.25) is 0 Å². The van der Waals surface area contributed by atoms with E-state index in [2.05, 4.69) is 24.4 Å². The minimum atomic E-state index is -0.0438. The van der Waals surface area contributed by atoms with Crippen molar-refractivity contribution in [2.45, 2.75) is 32.0 Å². The topological polar surface area (TPSA) is 30.5 Å². The maximum absolute atomic E-state index is 6.06. The molecule has 92 valence electrons. The van der Waals surface area contributed by atoms with Crippen LogP contribution in [0.25, 0.3) is 0 Å². The van der Waals surface area contributed by atoms with Crippen molar-refractivity contribution < 1.29 is 9.47 Å². The number of hydrogen-bond donors (Lipinski definition) is 1. The highest BCUT2D eigenvalue weighted by Gasteiger charge is 2.45. The van der Waals surface area contributed by atoms with E-state index in [1.807, 2.05) is 13.0 Å². The van der Waals surface area contributed by atoms with Gasteiger partial charge in [0.05, 0.1) is 18.8 Å². The van der Waals surface area contributed by atoms with E-state index in [9.17, 15) is 0 Å². The van der Waals surface area contributed by atoms with Crippen molar-refractivity contribution in [2.24, 2.45) is 0 Å². The molecular formula is C14H19NO2. The molecule has 3 heteroatoms. The Kier molecular flexibility index (Phi) is 2.60. The third-order valence-electron chi connectivity index (χ3n) is 3.95. The van der Waals surface area contributed by atoms with E-state index in [0.29, 0.717) is 19.1 Å². The summed E-state index contributed by atoms with van der Waals surface area (Å²) in [6, 6.07) is 6.35. The second-order valence-electron chi connectivity index (χ2n) is 5.04. The summed E-state index contributed by atoms with van der Waals surface area (Å²) < 4.78 is 11.7. The Morgan fingerprint density at radius 3 is 3.24 bits per heavy atom. The van der Waals surface area contributed by atoms with Gasteiger partial charge in [0, 0.05) is 24.6 Å². The number of benzene rings is 1. The second kappa shape index (κ2) is 4.00. The Hall–Kier alpha value is -1.06. The first-order valence-corrected chi connectivity index (χ1v) is 6.34. The standard InChI is InChI=1S/C14H19NO2/c1-3-16-13-6-4-5-10-11(13)8-17-14(2)9-15-7-12(10)14/h4-6,12,15H,3,7-9H2,1-2H3/t12-,14?/m1/s1. The summed E-state index contributed by atoms with van der Waals surface area (Å²) in [6.07, 6.45) is 0. The first-order chi connectivity index (χ1) is 8.24. The largest absolute Gasteiger partial charge is 0.493 e. The van der Waals surface area contributed by atoms with Crippen LogP contribution in [0.2, 0.25) is 0 Å². The number of hydrogen-bond acceptors (Lipinski definition) is 3. The van der Waals surface area contributed by atoms with Crippen molar-refractivity contribution in [3.8, 4) is 5.75 Å². The van der Waals surface area contributed by atoms with Gasteiger partial charge in [0.15, 0.2) is 0 Å². The molecule has 0 aliphatic carbocycles. The molecular weight excluding hydrogens is 214 g/mol. The van der Waals surface area contributed by atoms with Gasteiger partial charge in [-0.25, -0.2) is 0 Å². The fourth-order valence-electron chi connectivity index (χ4n) is 2.99. The van der Waals surface area contributed by atoms with Gasteiger partial charge in [0.1, 0.15) is 5.75 Å². The summed E-state index contributed by atoms with van der Waals surface area (Å²) in [5.41, 5.74) is 2.59. The minimum Gasteiger partial charge on any atom is -0.493 e. The minimum absolute atomic E-state index is 0.0438. The summed E-state index contributed by atoms with van der Waals surface area (Å²) in [5, 5.41) is 3.43. The molecule has 1 saturated heterocycles. The molecule has 0 bridgehead atoms. The van der Waals surface area contributed by atoms with Crippen molar-refractivity contribution in [2.75, 3.05) is 19.7 Å². The Bertz CT molecular complexity index is 432. The van der Waals surface area contributed by atoms with Crippen LogP contribution in [0.15, 0.2) is 18.2 Å². The molecule has 0 amide bonds. The summed E-state index contributed by atoms with van der Waals surface area (Å²) in [5.74, 6) is 1.44. The van der Waals surface area contributed by atoms with Crippen LogP contribution in [0, 0.1) is 0 Å².